The van der Waals surface area contributed by atoms with E-state index in [1.54, 1.807) is 12.3 Å². The Morgan fingerprint density at radius 1 is 1.33 bits per heavy atom. The van der Waals surface area contributed by atoms with Gasteiger partial charge in [-0.3, -0.25) is 15.1 Å². The summed E-state index contributed by atoms with van der Waals surface area (Å²) in [5.74, 6) is 1.42. The Morgan fingerprint density at radius 3 is 2.76 bits per heavy atom. The van der Waals surface area contributed by atoms with Gasteiger partial charge >= 0.3 is 0 Å². The van der Waals surface area contributed by atoms with Crippen molar-refractivity contribution >= 4 is 22.5 Å². The first-order valence-electron chi connectivity index (χ1n) is 7.03. The first-order valence-corrected chi connectivity index (χ1v) is 7.03. The maximum atomic E-state index is 10.8. The fourth-order valence-electron chi connectivity index (χ4n) is 2.65. The summed E-state index contributed by atoms with van der Waals surface area (Å²) in [4.78, 5) is 21.4. The molecule has 1 saturated heterocycles. The van der Waals surface area contributed by atoms with Crippen LogP contribution in [0, 0.1) is 16.0 Å². The molecule has 0 amide bonds. The van der Waals surface area contributed by atoms with Gasteiger partial charge in [0.1, 0.15) is 5.82 Å². The second-order valence-electron chi connectivity index (χ2n) is 5.32. The number of nitrogens with zero attached hydrogens (tertiary/aromatic N) is 4. The van der Waals surface area contributed by atoms with Crippen LogP contribution in [0.2, 0.25) is 0 Å². The molecule has 0 radical (unpaired) electrons. The normalized spacial score (nSPS) is 16.3. The lowest BCUT2D eigenvalue weighted by Crippen LogP contribution is -2.36. The van der Waals surface area contributed by atoms with Crippen molar-refractivity contribution in [2.24, 2.45) is 11.7 Å². The predicted molar refractivity (Wildman–Crippen MR) is 80.2 cm³/mol. The number of hydrogen-bond donors (Lipinski definition) is 1. The molecular formula is C14H17N5O2. The molecule has 110 valence electrons. The number of rotatable bonds is 3. The minimum absolute atomic E-state index is 0.0355. The molecule has 1 aromatic carbocycles. The van der Waals surface area contributed by atoms with Crippen LogP contribution in [0.1, 0.15) is 12.8 Å². The highest BCUT2D eigenvalue weighted by Gasteiger charge is 2.19. The van der Waals surface area contributed by atoms with E-state index in [1.165, 1.54) is 12.1 Å². The third-order valence-electron chi connectivity index (χ3n) is 4.00. The van der Waals surface area contributed by atoms with Gasteiger partial charge in [-0.25, -0.2) is 4.98 Å². The van der Waals surface area contributed by atoms with Crippen LogP contribution in [0.5, 0.6) is 0 Å². The largest absolute Gasteiger partial charge is 0.355 e. The fourth-order valence-corrected chi connectivity index (χ4v) is 2.65. The van der Waals surface area contributed by atoms with Gasteiger partial charge in [0, 0.05) is 25.2 Å². The van der Waals surface area contributed by atoms with E-state index in [4.69, 9.17) is 5.73 Å². The molecule has 0 unspecified atom stereocenters. The lowest BCUT2D eigenvalue weighted by atomic mass is 9.97. The number of nitro groups is 1. The van der Waals surface area contributed by atoms with Crippen molar-refractivity contribution in [3.8, 4) is 0 Å². The highest BCUT2D eigenvalue weighted by molar-refractivity contribution is 5.78. The number of nitro benzene ring substituents is 1. The van der Waals surface area contributed by atoms with Crippen molar-refractivity contribution in [2.45, 2.75) is 12.8 Å². The maximum Gasteiger partial charge on any atom is 0.271 e. The molecule has 1 aliphatic rings. The molecule has 2 aromatic rings. The highest BCUT2D eigenvalue weighted by Crippen LogP contribution is 2.24. The molecule has 1 aliphatic heterocycles. The van der Waals surface area contributed by atoms with Gasteiger partial charge in [0.15, 0.2) is 0 Å². The zero-order chi connectivity index (χ0) is 14.8. The van der Waals surface area contributed by atoms with Crippen LogP contribution in [0.4, 0.5) is 11.5 Å². The van der Waals surface area contributed by atoms with Crippen molar-refractivity contribution in [3.05, 3.63) is 34.5 Å². The molecule has 2 heterocycles. The van der Waals surface area contributed by atoms with Gasteiger partial charge in [-0.1, -0.05) is 0 Å². The van der Waals surface area contributed by atoms with Crippen molar-refractivity contribution in [3.63, 3.8) is 0 Å². The summed E-state index contributed by atoms with van der Waals surface area (Å²) in [5.41, 5.74) is 6.96. The summed E-state index contributed by atoms with van der Waals surface area (Å²) in [5, 5.41) is 10.8. The van der Waals surface area contributed by atoms with E-state index in [1.807, 2.05) is 0 Å². The third kappa shape index (κ3) is 2.78. The third-order valence-corrected chi connectivity index (χ3v) is 4.00. The van der Waals surface area contributed by atoms with Gasteiger partial charge in [0.2, 0.25) is 0 Å². The van der Waals surface area contributed by atoms with E-state index >= 15 is 0 Å². The van der Waals surface area contributed by atoms with Crippen LogP contribution in [0.25, 0.3) is 11.0 Å². The topological polar surface area (TPSA) is 98.2 Å². The molecule has 21 heavy (non-hydrogen) atoms. The molecule has 0 saturated carbocycles. The fraction of sp³-hybridized carbons (Fsp3) is 0.429. The number of anilines is 1. The van der Waals surface area contributed by atoms with Crippen molar-refractivity contribution in [1.82, 2.24) is 9.97 Å². The van der Waals surface area contributed by atoms with Crippen LogP contribution >= 0.6 is 0 Å². The lowest BCUT2D eigenvalue weighted by Gasteiger charge is -2.32. The smallest absolute Gasteiger partial charge is 0.271 e. The van der Waals surface area contributed by atoms with Gasteiger partial charge in [-0.05, 0) is 31.4 Å². The van der Waals surface area contributed by atoms with E-state index in [0.29, 0.717) is 17.0 Å². The Balaban J connectivity index is 1.85. The van der Waals surface area contributed by atoms with Gasteiger partial charge in [-0.15, -0.1) is 0 Å². The number of benzene rings is 1. The van der Waals surface area contributed by atoms with E-state index in [9.17, 15) is 10.1 Å². The molecule has 1 aromatic heterocycles. The Bertz CT molecular complexity index is 667. The second kappa shape index (κ2) is 5.61. The first-order chi connectivity index (χ1) is 10.2. The Kier molecular flexibility index (Phi) is 3.66. The van der Waals surface area contributed by atoms with Crippen molar-refractivity contribution < 1.29 is 4.92 Å². The molecule has 0 bridgehead atoms. The van der Waals surface area contributed by atoms with E-state index in [0.717, 1.165) is 38.3 Å². The Labute approximate surface area is 121 Å². The first kappa shape index (κ1) is 13.7. The average molecular weight is 287 g/mol. The molecule has 7 heteroatoms. The number of aromatic nitrogens is 2. The van der Waals surface area contributed by atoms with Crippen molar-refractivity contribution in [2.75, 3.05) is 24.5 Å². The average Bonchev–Trinajstić information content (AvgIpc) is 2.54. The number of fused-ring (bicyclic) bond motifs is 1. The second-order valence-corrected chi connectivity index (χ2v) is 5.32. The summed E-state index contributed by atoms with van der Waals surface area (Å²) >= 11 is 0. The SMILES string of the molecule is NCC1CCN(c2cnc3cc([N+](=O)[O-])ccc3n2)CC1. The summed E-state index contributed by atoms with van der Waals surface area (Å²) in [7, 11) is 0. The number of nitrogens with two attached hydrogens (primary N) is 1. The zero-order valence-electron chi connectivity index (χ0n) is 11.6. The molecule has 3 rings (SSSR count). The van der Waals surface area contributed by atoms with Crippen LogP contribution in [-0.4, -0.2) is 34.5 Å². The van der Waals surface area contributed by atoms with Gasteiger partial charge in [0.05, 0.1) is 22.2 Å². The van der Waals surface area contributed by atoms with Crippen LogP contribution in [-0.2, 0) is 0 Å². The summed E-state index contributed by atoms with van der Waals surface area (Å²) in [6.45, 7) is 2.59. The molecule has 0 aliphatic carbocycles. The Hall–Kier alpha value is -2.28. The van der Waals surface area contributed by atoms with Crippen LogP contribution < -0.4 is 10.6 Å². The van der Waals surface area contributed by atoms with Gasteiger partial charge in [-0.2, -0.15) is 0 Å². The number of piperidine rings is 1. The minimum Gasteiger partial charge on any atom is -0.355 e. The van der Waals surface area contributed by atoms with Crippen molar-refractivity contribution in [1.29, 1.82) is 0 Å². The lowest BCUT2D eigenvalue weighted by molar-refractivity contribution is -0.384. The molecular weight excluding hydrogens is 270 g/mol. The van der Waals surface area contributed by atoms with E-state index in [-0.39, 0.29) is 5.69 Å². The van der Waals surface area contributed by atoms with E-state index < -0.39 is 4.92 Å². The zero-order valence-corrected chi connectivity index (χ0v) is 11.6. The quantitative estimate of drug-likeness (QED) is 0.681. The maximum absolute atomic E-state index is 10.8. The monoisotopic (exact) mass is 287 g/mol. The molecule has 0 spiro atoms. The molecule has 1 fully saturated rings. The summed E-state index contributed by atoms with van der Waals surface area (Å²) in [6.07, 6.45) is 3.82. The number of non-ortho nitro benzene ring substituents is 1. The van der Waals surface area contributed by atoms with E-state index in [2.05, 4.69) is 14.9 Å². The minimum atomic E-state index is -0.424. The summed E-state index contributed by atoms with van der Waals surface area (Å²) < 4.78 is 0. The predicted octanol–water partition coefficient (Wildman–Crippen LogP) is 1.71. The molecule has 0 atom stereocenters. The van der Waals surface area contributed by atoms with Crippen LogP contribution in [0.15, 0.2) is 24.4 Å². The standard InChI is InChI=1S/C14H17N5O2/c15-8-10-3-5-18(6-4-10)14-9-16-13-7-11(19(20)21)1-2-12(13)17-14/h1-2,7,9-10H,3-6,8,15H2. The summed E-state index contributed by atoms with van der Waals surface area (Å²) in [6, 6.07) is 4.56. The van der Waals surface area contributed by atoms with Crippen LogP contribution in [0.3, 0.4) is 0 Å². The molecule has 7 nitrogen and oxygen atoms in total. The molecule has 2 N–H and O–H groups in total. The highest BCUT2D eigenvalue weighted by atomic mass is 16.6. The number of hydrogen-bond acceptors (Lipinski definition) is 6. The van der Waals surface area contributed by atoms with Gasteiger partial charge in [0.25, 0.3) is 5.69 Å². The van der Waals surface area contributed by atoms with Gasteiger partial charge < -0.3 is 10.6 Å². The Morgan fingerprint density at radius 2 is 2.10 bits per heavy atom.